The van der Waals surface area contributed by atoms with Gasteiger partial charge in [0, 0.05) is 31.9 Å². The topological polar surface area (TPSA) is 79.0 Å². The molecular formula is C24H31N3O4S. The number of nitrogens with one attached hydrogen (secondary N) is 1. The van der Waals surface area contributed by atoms with Crippen molar-refractivity contribution >= 4 is 21.6 Å². The van der Waals surface area contributed by atoms with E-state index in [1.54, 1.807) is 29.6 Å². The maximum absolute atomic E-state index is 13.2. The van der Waals surface area contributed by atoms with Crippen LogP contribution in [-0.4, -0.2) is 62.9 Å². The van der Waals surface area contributed by atoms with E-state index in [0.29, 0.717) is 43.2 Å². The minimum atomic E-state index is -3.52. The molecule has 2 aliphatic rings. The van der Waals surface area contributed by atoms with Crippen LogP contribution in [0.5, 0.6) is 5.75 Å². The molecule has 4 rings (SSSR count). The minimum absolute atomic E-state index is 0.0763. The fourth-order valence-electron chi connectivity index (χ4n) is 4.62. The molecule has 0 spiro atoms. The molecule has 1 fully saturated rings. The third kappa shape index (κ3) is 4.67. The van der Waals surface area contributed by atoms with Crippen LogP contribution in [0, 0.1) is 0 Å². The van der Waals surface area contributed by atoms with Gasteiger partial charge in [0.05, 0.1) is 18.0 Å². The summed E-state index contributed by atoms with van der Waals surface area (Å²) in [5.41, 5.74) is 3.14. The van der Waals surface area contributed by atoms with Gasteiger partial charge in [0.1, 0.15) is 5.75 Å². The van der Waals surface area contributed by atoms with Gasteiger partial charge >= 0.3 is 0 Å². The number of carbonyl (C=O) groups is 1. The van der Waals surface area contributed by atoms with Crippen LogP contribution in [0.4, 0.5) is 5.69 Å². The number of sulfonamides is 1. The van der Waals surface area contributed by atoms with Gasteiger partial charge < -0.3 is 10.1 Å². The lowest BCUT2D eigenvalue weighted by Gasteiger charge is -2.37. The zero-order valence-corrected chi connectivity index (χ0v) is 19.5. The summed E-state index contributed by atoms with van der Waals surface area (Å²) >= 11 is 0. The molecule has 8 heteroatoms. The minimum Gasteiger partial charge on any atom is -0.497 e. The Labute approximate surface area is 190 Å². The number of anilines is 1. The highest BCUT2D eigenvalue weighted by molar-refractivity contribution is 7.89. The van der Waals surface area contributed by atoms with E-state index in [9.17, 15) is 13.2 Å². The highest BCUT2D eigenvalue weighted by Crippen LogP contribution is 2.27. The van der Waals surface area contributed by atoms with Crippen LogP contribution in [0.2, 0.25) is 0 Å². The molecule has 32 heavy (non-hydrogen) atoms. The average molecular weight is 458 g/mol. The van der Waals surface area contributed by atoms with Gasteiger partial charge in [-0.15, -0.1) is 0 Å². The summed E-state index contributed by atoms with van der Waals surface area (Å²) in [6.45, 7) is 3.79. The molecule has 1 saturated heterocycles. The summed E-state index contributed by atoms with van der Waals surface area (Å²) in [4.78, 5) is 15.4. The molecule has 1 atom stereocenters. The number of ether oxygens (including phenoxy) is 1. The molecule has 1 N–H and O–H groups in total. The molecule has 1 amide bonds. The Balaban J connectivity index is 1.38. The Bertz CT molecular complexity index is 1060. The van der Waals surface area contributed by atoms with Crippen LogP contribution in [-0.2, 0) is 27.7 Å². The van der Waals surface area contributed by atoms with Gasteiger partial charge in [-0.1, -0.05) is 13.0 Å². The first kappa shape index (κ1) is 22.8. The molecule has 1 aliphatic heterocycles. The Hall–Kier alpha value is -2.42. The number of benzene rings is 2. The molecule has 2 aromatic carbocycles. The van der Waals surface area contributed by atoms with Gasteiger partial charge in [-0.2, -0.15) is 4.31 Å². The standard InChI is InChI=1S/C24H31N3O4S/c1-3-23(24(28)25-20-8-10-21(31-2)11-9-20)26-13-15-27(16-14-26)32(29,30)22-12-7-18-5-4-6-19(18)17-22/h7-12,17,23H,3-6,13-16H2,1-2H3,(H,25,28)/t23-/m1/s1. The summed E-state index contributed by atoms with van der Waals surface area (Å²) in [5, 5.41) is 2.96. The van der Waals surface area contributed by atoms with E-state index in [4.69, 9.17) is 4.74 Å². The molecule has 2 aromatic rings. The maximum atomic E-state index is 13.2. The van der Waals surface area contributed by atoms with Crippen LogP contribution in [0.25, 0.3) is 0 Å². The van der Waals surface area contributed by atoms with Gasteiger partial charge in [0.25, 0.3) is 0 Å². The fourth-order valence-corrected chi connectivity index (χ4v) is 6.10. The van der Waals surface area contributed by atoms with E-state index in [1.807, 2.05) is 31.2 Å². The zero-order valence-electron chi connectivity index (χ0n) is 18.7. The lowest BCUT2D eigenvalue weighted by atomic mass is 10.1. The van der Waals surface area contributed by atoms with Crippen molar-refractivity contribution in [2.24, 2.45) is 0 Å². The van der Waals surface area contributed by atoms with Crippen molar-refractivity contribution < 1.29 is 17.9 Å². The molecule has 172 valence electrons. The summed E-state index contributed by atoms with van der Waals surface area (Å²) < 4.78 is 33.1. The maximum Gasteiger partial charge on any atom is 0.243 e. The predicted octanol–water partition coefficient (Wildman–Crippen LogP) is 2.91. The Kier molecular flexibility index (Phi) is 6.83. The van der Waals surface area contributed by atoms with E-state index in [0.717, 1.165) is 30.6 Å². The summed E-state index contributed by atoms with van der Waals surface area (Å²) in [5.74, 6) is 0.656. The van der Waals surface area contributed by atoms with Gasteiger partial charge in [-0.25, -0.2) is 8.42 Å². The third-order valence-corrected chi connectivity index (χ3v) is 8.36. The first-order chi connectivity index (χ1) is 15.4. The summed E-state index contributed by atoms with van der Waals surface area (Å²) in [7, 11) is -1.92. The molecule has 0 aromatic heterocycles. The molecular weight excluding hydrogens is 426 g/mol. The lowest BCUT2D eigenvalue weighted by molar-refractivity contribution is -0.121. The number of piperazine rings is 1. The van der Waals surface area contributed by atoms with Crippen LogP contribution in [0.1, 0.15) is 30.9 Å². The largest absolute Gasteiger partial charge is 0.497 e. The van der Waals surface area contributed by atoms with Crippen molar-refractivity contribution in [2.45, 2.75) is 43.5 Å². The number of hydrogen-bond donors (Lipinski definition) is 1. The second-order valence-electron chi connectivity index (χ2n) is 8.37. The van der Waals surface area contributed by atoms with E-state index in [1.165, 1.54) is 5.56 Å². The Morgan fingerprint density at radius 3 is 2.38 bits per heavy atom. The molecule has 1 heterocycles. The van der Waals surface area contributed by atoms with Crippen molar-refractivity contribution in [3.63, 3.8) is 0 Å². The molecule has 0 unspecified atom stereocenters. The number of fused-ring (bicyclic) bond motifs is 1. The van der Waals surface area contributed by atoms with Crippen LogP contribution < -0.4 is 10.1 Å². The first-order valence-electron chi connectivity index (χ1n) is 11.2. The van der Waals surface area contributed by atoms with E-state index < -0.39 is 10.0 Å². The zero-order chi connectivity index (χ0) is 22.7. The number of carbonyl (C=O) groups excluding carboxylic acids is 1. The molecule has 7 nitrogen and oxygen atoms in total. The van der Waals surface area contributed by atoms with E-state index >= 15 is 0 Å². The van der Waals surface area contributed by atoms with Crippen molar-refractivity contribution in [3.8, 4) is 5.75 Å². The van der Waals surface area contributed by atoms with Crippen molar-refractivity contribution in [1.29, 1.82) is 0 Å². The average Bonchev–Trinajstić information content (AvgIpc) is 3.28. The highest BCUT2D eigenvalue weighted by Gasteiger charge is 2.33. The molecule has 1 aliphatic carbocycles. The number of methoxy groups -OCH3 is 1. The fraction of sp³-hybridized carbons (Fsp3) is 0.458. The van der Waals surface area contributed by atoms with Gasteiger partial charge in [0.2, 0.25) is 15.9 Å². The van der Waals surface area contributed by atoms with Gasteiger partial charge in [-0.05, 0) is 73.2 Å². The number of rotatable bonds is 7. The summed E-state index contributed by atoms with van der Waals surface area (Å²) in [6, 6.07) is 12.5. The lowest BCUT2D eigenvalue weighted by Crippen LogP contribution is -2.54. The number of amides is 1. The SMILES string of the molecule is CC[C@H](C(=O)Nc1ccc(OC)cc1)N1CCN(S(=O)(=O)c2ccc3c(c2)CCC3)CC1. The quantitative estimate of drug-likeness (QED) is 0.692. The first-order valence-corrected chi connectivity index (χ1v) is 12.7. The third-order valence-electron chi connectivity index (χ3n) is 6.47. The normalized spacial score (nSPS) is 18.2. The van der Waals surface area contributed by atoms with Crippen LogP contribution in [0.3, 0.4) is 0 Å². The van der Waals surface area contributed by atoms with Gasteiger partial charge in [0.15, 0.2) is 0 Å². The molecule has 0 saturated carbocycles. The number of aryl methyl sites for hydroxylation is 2. The van der Waals surface area contributed by atoms with E-state index in [-0.39, 0.29) is 11.9 Å². The second-order valence-corrected chi connectivity index (χ2v) is 10.3. The highest BCUT2D eigenvalue weighted by atomic mass is 32.2. The second kappa shape index (κ2) is 9.60. The smallest absolute Gasteiger partial charge is 0.243 e. The van der Waals surface area contributed by atoms with Crippen molar-refractivity contribution in [1.82, 2.24) is 9.21 Å². The Morgan fingerprint density at radius 1 is 1.03 bits per heavy atom. The number of nitrogens with zero attached hydrogens (tertiary/aromatic N) is 2. The van der Waals surface area contributed by atoms with Crippen molar-refractivity contribution in [3.05, 3.63) is 53.6 Å². The molecule has 0 radical (unpaired) electrons. The summed E-state index contributed by atoms with van der Waals surface area (Å²) in [6.07, 6.45) is 3.73. The Morgan fingerprint density at radius 2 is 1.72 bits per heavy atom. The van der Waals surface area contributed by atoms with E-state index in [2.05, 4.69) is 10.2 Å². The number of hydrogen-bond acceptors (Lipinski definition) is 5. The molecule has 0 bridgehead atoms. The monoisotopic (exact) mass is 457 g/mol. The van der Waals surface area contributed by atoms with Crippen LogP contribution in [0.15, 0.2) is 47.4 Å². The van der Waals surface area contributed by atoms with Crippen LogP contribution >= 0.6 is 0 Å². The van der Waals surface area contributed by atoms with Crippen molar-refractivity contribution in [2.75, 3.05) is 38.6 Å². The van der Waals surface area contributed by atoms with Gasteiger partial charge in [-0.3, -0.25) is 9.69 Å². The predicted molar refractivity (Wildman–Crippen MR) is 125 cm³/mol.